The quantitative estimate of drug-likeness (QED) is 0.232. The zero-order valence-corrected chi connectivity index (χ0v) is 7.63. The van der Waals surface area contributed by atoms with Crippen LogP contribution < -0.4 is 10.9 Å². The average molecular weight is 189 g/mol. The number of rotatable bonds is 7. The molecule has 1 amide bonds. The van der Waals surface area contributed by atoms with Crippen molar-refractivity contribution in [1.82, 2.24) is 10.9 Å². The molecule has 0 heterocycles. The number of carbonyl (C=O) groups excluding carboxylic acids is 1. The summed E-state index contributed by atoms with van der Waals surface area (Å²) in [6.45, 7) is 2.72. The van der Waals surface area contributed by atoms with Crippen LogP contribution in [0.3, 0.4) is 0 Å². The maximum Gasteiger partial charge on any atom is 0.421 e. The normalized spacial score (nSPS) is 9.31. The summed E-state index contributed by atoms with van der Waals surface area (Å²) in [5, 5.41) is 6.69. The summed E-state index contributed by atoms with van der Waals surface area (Å²) < 4.78 is 9.54. The maximum atomic E-state index is 10.6. The lowest BCUT2D eigenvalue weighted by Crippen LogP contribution is -2.39. The fourth-order valence-corrected chi connectivity index (χ4v) is 0.541. The molecule has 0 rings (SSSR count). The van der Waals surface area contributed by atoms with Gasteiger partial charge in [0.25, 0.3) is 0 Å². The van der Waals surface area contributed by atoms with E-state index in [0.717, 1.165) is 0 Å². The highest BCUT2D eigenvalue weighted by Gasteiger charge is 1.96. The van der Waals surface area contributed by atoms with E-state index in [9.17, 15) is 4.79 Å². The molecule has 0 saturated carbocycles. The minimum absolute atomic E-state index is 0.201. The van der Waals surface area contributed by atoms with Crippen molar-refractivity contribution in [3.8, 4) is 0 Å². The zero-order chi connectivity index (χ0) is 9.94. The van der Waals surface area contributed by atoms with Crippen LogP contribution in [-0.4, -0.2) is 32.3 Å². The van der Waals surface area contributed by atoms with Gasteiger partial charge in [0.2, 0.25) is 0 Å². The first-order chi connectivity index (χ1) is 6.31. The largest absolute Gasteiger partial charge is 0.449 e. The van der Waals surface area contributed by atoms with Crippen molar-refractivity contribution in [2.24, 2.45) is 0 Å². The Bertz CT molecular complexity index is 152. The predicted octanol–water partition coefficient (Wildman–Crippen LogP) is 0.251. The van der Waals surface area contributed by atoms with Crippen LogP contribution in [-0.2, 0) is 9.47 Å². The standard InChI is InChI=1S/C7H15N3O3/c1-2-13-7(11)10-9-6-12-5-3-4-8/h4,8-9H,2-3,5-6H2,1H3,(H,10,11). The number of carbonyl (C=O) groups is 1. The summed E-state index contributed by atoms with van der Waals surface area (Å²) in [6.07, 6.45) is 1.30. The lowest BCUT2D eigenvalue weighted by Gasteiger charge is -2.06. The number of nitrogens with one attached hydrogen (secondary N) is 3. The van der Waals surface area contributed by atoms with Crippen molar-refractivity contribution >= 4 is 12.3 Å². The van der Waals surface area contributed by atoms with E-state index in [2.05, 4.69) is 15.6 Å². The first-order valence-corrected chi connectivity index (χ1v) is 4.03. The van der Waals surface area contributed by atoms with Gasteiger partial charge in [-0.25, -0.2) is 10.2 Å². The molecule has 0 aromatic carbocycles. The molecule has 3 N–H and O–H groups in total. The van der Waals surface area contributed by atoms with Gasteiger partial charge in [-0.2, -0.15) is 0 Å². The summed E-state index contributed by atoms with van der Waals surface area (Å²) in [5.74, 6) is 0. The van der Waals surface area contributed by atoms with Crippen LogP contribution in [0.4, 0.5) is 4.79 Å². The Kier molecular flexibility index (Phi) is 8.17. The van der Waals surface area contributed by atoms with Gasteiger partial charge < -0.3 is 14.9 Å². The highest BCUT2D eigenvalue weighted by atomic mass is 16.6. The third-order valence-corrected chi connectivity index (χ3v) is 1.05. The Hall–Kier alpha value is -1.14. The van der Waals surface area contributed by atoms with Crippen LogP contribution in [0.5, 0.6) is 0 Å². The van der Waals surface area contributed by atoms with Gasteiger partial charge >= 0.3 is 6.09 Å². The van der Waals surface area contributed by atoms with Crippen molar-refractivity contribution in [1.29, 1.82) is 5.41 Å². The van der Waals surface area contributed by atoms with E-state index in [1.165, 1.54) is 6.21 Å². The van der Waals surface area contributed by atoms with Gasteiger partial charge in [-0.15, -0.1) is 0 Å². The summed E-state index contributed by atoms with van der Waals surface area (Å²) >= 11 is 0. The van der Waals surface area contributed by atoms with Crippen LogP contribution in [0, 0.1) is 5.41 Å². The second-order valence-corrected chi connectivity index (χ2v) is 2.07. The molecule has 0 radical (unpaired) electrons. The molecule has 0 atom stereocenters. The topological polar surface area (TPSA) is 83.4 Å². The predicted molar refractivity (Wildman–Crippen MR) is 47.5 cm³/mol. The lowest BCUT2D eigenvalue weighted by molar-refractivity contribution is 0.101. The first-order valence-electron chi connectivity index (χ1n) is 4.03. The van der Waals surface area contributed by atoms with E-state index in [4.69, 9.17) is 10.1 Å². The minimum Gasteiger partial charge on any atom is -0.449 e. The Morgan fingerprint density at radius 3 is 3.00 bits per heavy atom. The van der Waals surface area contributed by atoms with Crippen molar-refractivity contribution in [3.63, 3.8) is 0 Å². The van der Waals surface area contributed by atoms with Crippen LogP contribution in [0.2, 0.25) is 0 Å². The number of ether oxygens (including phenoxy) is 2. The zero-order valence-electron chi connectivity index (χ0n) is 7.63. The van der Waals surface area contributed by atoms with Crippen molar-refractivity contribution in [2.45, 2.75) is 13.3 Å². The van der Waals surface area contributed by atoms with Gasteiger partial charge in [-0.1, -0.05) is 0 Å². The number of hydrogen-bond acceptors (Lipinski definition) is 5. The molecule has 0 saturated heterocycles. The van der Waals surface area contributed by atoms with Gasteiger partial charge in [0.1, 0.15) is 6.73 Å². The molecular formula is C7H15N3O3. The van der Waals surface area contributed by atoms with Gasteiger partial charge in [-0.05, 0) is 13.1 Å². The monoisotopic (exact) mass is 189 g/mol. The second kappa shape index (κ2) is 8.95. The van der Waals surface area contributed by atoms with E-state index >= 15 is 0 Å². The average Bonchev–Trinajstić information content (AvgIpc) is 2.11. The van der Waals surface area contributed by atoms with Crippen molar-refractivity contribution < 1.29 is 14.3 Å². The van der Waals surface area contributed by atoms with Crippen LogP contribution in [0.15, 0.2) is 0 Å². The van der Waals surface area contributed by atoms with Crippen LogP contribution in [0.1, 0.15) is 13.3 Å². The highest BCUT2D eigenvalue weighted by Crippen LogP contribution is 1.76. The number of amides is 1. The Labute approximate surface area is 77.1 Å². The Balaban J connectivity index is 3.06. The molecular weight excluding hydrogens is 174 g/mol. The van der Waals surface area contributed by atoms with Crippen molar-refractivity contribution in [2.75, 3.05) is 19.9 Å². The SMILES string of the molecule is CCOC(=O)NNCOCCC=N. The highest BCUT2D eigenvalue weighted by molar-refractivity contribution is 5.66. The second-order valence-electron chi connectivity index (χ2n) is 2.07. The first kappa shape index (κ1) is 11.9. The number of hydrazine groups is 1. The smallest absolute Gasteiger partial charge is 0.421 e. The minimum atomic E-state index is -0.529. The molecule has 0 fully saturated rings. The summed E-state index contributed by atoms with van der Waals surface area (Å²) in [7, 11) is 0. The molecule has 0 aromatic rings. The molecule has 6 nitrogen and oxygen atoms in total. The van der Waals surface area contributed by atoms with Gasteiger partial charge in [0.05, 0.1) is 13.2 Å². The lowest BCUT2D eigenvalue weighted by atomic mass is 10.5. The molecule has 76 valence electrons. The van der Waals surface area contributed by atoms with Crippen LogP contribution >= 0.6 is 0 Å². The van der Waals surface area contributed by atoms with E-state index in [-0.39, 0.29) is 6.73 Å². The fourth-order valence-electron chi connectivity index (χ4n) is 0.541. The molecule has 0 aliphatic heterocycles. The Morgan fingerprint density at radius 2 is 2.38 bits per heavy atom. The van der Waals surface area contributed by atoms with E-state index in [1.807, 2.05) is 0 Å². The van der Waals surface area contributed by atoms with E-state index in [1.54, 1.807) is 6.92 Å². The molecule has 0 bridgehead atoms. The summed E-state index contributed by atoms with van der Waals surface area (Å²) in [4.78, 5) is 10.6. The molecule has 13 heavy (non-hydrogen) atoms. The van der Waals surface area contributed by atoms with Crippen molar-refractivity contribution in [3.05, 3.63) is 0 Å². The van der Waals surface area contributed by atoms with Gasteiger partial charge in [0.15, 0.2) is 0 Å². The maximum absolute atomic E-state index is 10.6. The summed E-state index contributed by atoms with van der Waals surface area (Å²) in [6, 6.07) is 0. The van der Waals surface area contributed by atoms with E-state index in [0.29, 0.717) is 19.6 Å². The van der Waals surface area contributed by atoms with Crippen LogP contribution in [0.25, 0.3) is 0 Å². The number of hydrogen-bond donors (Lipinski definition) is 3. The molecule has 0 unspecified atom stereocenters. The Morgan fingerprint density at radius 1 is 1.62 bits per heavy atom. The molecule has 0 aromatic heterocycles. The van der Waals surface area contributed by atoms with Gasteiger partial charge in [0, 0.05) is 6.42 Å². The molecule has 0 aliphatic carbocycles. The molecule has 0 spiro atoms. The van der Waals surface area contributed by atoms with Gasteiger partial charge in [-0.3, -0.25) is 5.43 Å². The third-order valence-electron chi connectivity index (χ3n) is 1.05. The van der Waals surface area contributed by atoms with E-state index < -0.39 is 6.09 Å². The molecule has 6 heteroatoms. The fraction of sp³-hybridized carbons (Fsp3) is 0.714. The summed E-state index contributed by atoms with van der Waals surface area (Å²) in [5.41, 5.74) is 4.77. The third kappa shape index (κ3) is 8.77. The molecule has 0 aliphatic rings.